The first kappa shape index (κ1) is 9.32. The molecule has 0 fully saturated rings. The van der Waals surface area contributed by atoms with E-state index in [9.17, 15) is 4.79 Å². The van der Waals surface area contributed by atoms with E-state index in [0.29, 0.717) is 17.0 Å². The average Bonchev–Trinajstić information content (AvgIpc) is 2.81. The SMILES string of the molecule is COc1ccc(C=O)cc1-n1cnnn1. The van der Waals surface area contributed by atoms with E-state index in [-0.39, 0.29) is 0 Å². The molecule has 2 rings (SSSR count). The Balaban J connectivity index is 2.56. The first-order valence-electron chi connectivity index (χ1n) is 4.21. The fourth-order valence-corrected chi connectivity index (χ4v) is 1.23. The van der Waals surface area contributed by atoms with Crippen LogP contribution in [0.15, 0.2) is 24.5 Å². The molecule has 0 spiro atoms. The molecule has 15 heavy (non-hydrogen) atoms. The molecule has 1 aromatic carbocycles. The number of hydrogen-bond donors (Lipinski definition) is 0. The van der Waals surface area contributed by atoms with Crippen LogP contribution in [0.25, 0.3) is 5.69 Å². The normalized spacial score (nSPS) is 9.93. The van der Waals surface area contributed by atoms with Crippen molar-refractivity contribution in [2.45, 2.75) is 0 Å². The van der Waals surface area contributed by atoms with Gasteiger partial charge in [-0.2, -0.15) is 4.68 Å². The van der Waals surface area contributed by atoms with Crippen molar-refractivity contribution in [1.82, 2.24) is 20.2 Å². The first-order chi connectivity index (χ1) is 7.35. The van der Waals surface area contributed by atoms with Gasteiger partial charge in [0, 0.05) is 5.56 Å². The molecule has 6 nitrogen and oxygen atoms in total. The fourth-order valence-electron chi connectivity index (χ4n) is 1.23. The summed E-state index contributed by atoms with van der Waals surface area (Å²) >= 11 is 0. The molecule has 0 saturated heterocycles. The van der Waals surface area contributed by atoms with Gasteiger partial charge in [-0.1, -0.05) is 0 Å². The maximum absolute atomic E-state index is 10.6. The van der Waals surface area contributed by atoms with Crippen molar-refractivity contribution in [3.05, 3.63) is 30.1 Å². The van der Waals surface area contributed by atoms with E-state index in [1.807, 2.05) is 0 Å². The van der Waals surface area contributed by atoms with Crippen LogP contribution >= 0.6 is 0 Å². The summed E-state index contributed by atoms with van der Waals surface area (Å²) in [6, 6.07) is 5.02. The van der Waals surface area contributed by atoms with Crippen molar-refractivity contribution < 1.29 is 9.53 Å². The van der Waals surface area contributed by atoms with E-state index >= 15 is 0 Å². The van der Waals surface area contributed by atoms with Gasteiger partial charge in [-0.3, -0.25) is 4.79 Å². The van der Waals surface area contributed by atoms with Crippen LogP contribution in [-0.4, -0.2) is 33.6 Å². The van der Waals surface area contributed by atoms with Crippen LogP contribution in [0.3, 0.4) is 0 Å². The van der Waals surface area contributed by atoms with Gasteiger partial charge in [0.25, 0.3) is 0 Å². The van der Waals surface area contributed by atoms with E-state index in [2.05, 4.69) is 15.5 Å². The lowest BCUT2D eigenvalue weighted by molar-refractivity contribution is 0.112. The minimum Gasteiger partial charge on any atom is -0.494 e. The zero-order valence-corrected chi connectivity index (χ0v) is 7.99. The Morgan fingerprint density at radius 3 is 2.93 bits per heavy atom. The second kappa shape index (κ2) is 3.87. The summed E-state index contributed by atoms with van der Waals surface area (Å²) in [5.41, 5.74) is 1.17. The lowest BCUT2D eigenvalue weighted by Gasteiger charge is -2.07. The second-order valence-electron chi connectivity index (χ2n) is 2.80. The molecule has 0 radical (unpaired) electrons. The lowest BCUT2D eigenvalue weighted by Crippen LogP contribution is -2.00. The lowest BCUT2D eigenvalue weighted by atomic mass is 10.2. The molecule has 0 N–H and O–H groups in total. The molecule has 0 amide bonds. The molecule has 0 bridgehead atoms. The number of aldehydes is 1. The van der Waals surface area contributed by atoms with E-state index in [0.717, 1.165) is 6.29 Å². The second-order valence-corrected chi connectivity index (χ2v) is 2.80. The summed E-state index contributed by atoms with van der Waals surface area (Å²) in [4.78, 5) is 10.6. The van der Waals surface area contributed by atoms with E-state index in [1.165, 1.54) is 11.0 Å². The quantitative estimate of drug-likeness (QED) is 0.680. The molecule has 1 aromatic heterocycles. The summed E-state index contributed by atoms with van der Waals surface area (Å²) in [6.45, 7) is 0. The molecule has 1 heterocycles. The third-order valence-corrected chi connectivity index (χ3v) is 1.93. The summed E-state index contributed by atoms with van der Waals surface area (Å²) in [7, 11) is 1.55. The van der Waals surface area contributed by atoms with Gasteiger partial charge in [0.05, 0.1) is 7.11 Å². The molecular weight excluding hydrogens is 196 g/mol. The van der Waals surface area contributed by atoms with Crippen molar-refractivity contribution in [3.8, 4) is 11.4 Å². The van der Waals surface area contributed by atoms with Gasteiger partial charge in [0.1, 0.15) is 24.1 Å². The maximum atomic E-state index is 10.6. The van der Waals surface area contributed by atoms with Crippen molar-refractivity contribution in [1.29, 1.82) is 0 Å². The van der Waals surface area contributed by atoms with Crippen LogP contribution in [-0.2, 0) is 0 Å². The molecule has 0 unspecified atom stereocenters. The van der Waals surface area contributed by atoms with Gasteiger partial charge in [-0.15, -0.1) is 5.10 Å². The summed E-state index contributed by atoms with van der Waals surface area (Å²) in [5, 5.41) is 10.8. The van der Waals surface area contributed by atoms with Crippen molar-refractivity contribution in [2.24, 2.45) is 0 Å². The molecule has 2 aromatic rings. The van der Waals surface area contributed by atoms with Gasteiger partial charge < -0.3 is 4.74 Å². The highest BCUT2D eigenvalue weighted by Crippen LogP contribution is 2.22. The number of ether oxygens (including phenoxy) is 1. The van der Waals surface area contributed by atoms with Gasteiger partial charge in [-0.05, 0) is 28.6 Å². The topological polar surface area (TPSA) is 69.9 Å². The number of benzene rings is 1. The number of carbonyl (C=O) groups is 1. The highest BCUT2D eigenvalue weighted by Gasteiger charge is 2.07. The molecule has 0 aliphatic carbocycles. The molecule has 0 atom stereocenters. The smallest absolute Gasteiger partial charge is 0.150 e. The highest BCUT2D eigenvalue weighted by molar-refractivity contribution is 5.77. The van der Waals surface area contributed by atoms with Crippen LogP contribution in [0.1, 0.15) is 10.4 Å². The monoisotopic (exact) mass is 204 g/mol. The predicted octanol–water partition coefficient (Wildman–Crippen LogP) is 0.483. The minimum absolute atomic E-state index is 0.543. The third-order valence-electron chi connectivity index (χ3n) is 1.93. The van der Waals surface area contributed by atoms with Crippen LogP contribution in [0.5, 0.6) is 5.75 Å². The van der Waals surface area contributed by atoms with Crippen LogP contribution < -0.4 is 4.74 Å². The van der Waals surface area contributed by atoms with Crippen molar-refractivity contribution >= 4 is 6.29 Å². The highest BCUT2D eigenvalue weighted by atomic mass is 16.5. The summed E-state index contributed by atoms with van der Waals surface area (Å²) in [6.07, 6.45) is 2.19. The Morgan fingerprint density at radius 2 is 2.33 bits per heavy atom. The number of methoxy groups -OCH3 is 1. The minimum atomic E-state index is 0.543. The molecule has 6 heteroatoms. The number of nitrogens with zero attached hydrogens (tertiary/aromatic N) is 4. The zero-order valence-electron chi connectivity index (χ0n) is 7.99. The average molecular weight is 204 g/mol. The number of aromatic nitrogens is 4. The molecule has 0 aliphatic heterocycles. The van der Waals surface area contributed by atoms with Gasteiger partial charge >= 0.3 is 0 Å². The van der Waals surface area contributed by atoms with Gasteiger partial charge in [0.15, 0.2) is 0 Å². The van der Waals surface area contributed by atoms with Crippen molar-refractivity contribution in [3.63, 3.8) is 0 Å². The van der Waals surface area contributed by atoms with Gasteiger partial charge in [-0.25, -0.2) is 0 Å². The Bertz CT molecular complexity index is 467. The largest absolute Gasteiger partial charge is 0.494 e. The third kappa shape index (κ3) is 1.69. The van der Waals surface area contributed by atoms with E-state index < -0.39 is 0 Å². The van der Waals surface area contributed by atoms with E-state index in [4.69, 9.17) is 4.74 Å². The number of tetrazole rings is 1. The van der Waals surface area contributed by atoms with Crippen molar-refractivity contribution in [2.75, 3.05) is 7.11 Å². The number of hydrogen-bond acceptors (Lipinski definition) is 5. The number of carbonyl (C=O) groups excluding carboxylic acids is 1. The summed E-state index contributed by atoms with van der Waals surface area (Å²) in [5.74, 6) is 0.605. The zero-order chi connectivity index (χ0) is 10.7. The Hall–Kier alpha value is -2.24. The Labute approximate surface area is 85.5 Å². The Morgan fingerprint density at radius 1 is 1.47 bits per heavy atom. The maximum Gasteiger partial charge on any atom is 0.150 e. The molecule has 0 aliphatic rings. The van der Waals surface area contributed by atoms with Gasteiger partial charge in [0.2, 0.25) is 0 Å². The molecule has 76 valence electrons. The Kier molecular flexibility index (Phi) is 2.40. The number of rotatable bonds is 3. The van der Waals surface area contributed by atoms with E-state index in [1.54, 1.807) is 25.3 Å². The first-order valence-corrected chi connectivity index (χ1v) is 4.21. The fraction of sp³-hybridized carbons (Fsp3) is 0.111. The van der Waals surface area contributed by atoms with Crippen LogP contribution in [0.2, 0.25) is 0 Å². The molecule has 0 saturated carbocycles. The standard InChI is InChI=1S/C9H8N4O2/c1-15-9-3-2-7(5-14)4-8(9)13-6-10-11-12-13/h2-6H,1H3. The summed E-state index contributed by atoms with van der Waals surface area (Å²) < 4.78 is 6.57. The van der Waals surface area contributed by atoms with Crippen LogP contribution in [0, 0.1) is 0 Å². The van der Waals surface area contributed by atoms with Crippen LogP contribution in [0.4, 0.5) is 0 Å². The predicted molar refractivity (Wildman–Crippen MR) is 51.1 cm³/mol. The molecular formula is C9H8N4O2.